The van der Waals surface area contributed by atoms with Crippen LogP contribution in [0.4, 0.5) is 5.82 Å². The van der Waals surface area contributed by atoms with E-state index >= 15 is 0 Å². The minimum atomic E-state index is 0.288. The van der Waals surface area contributed by atoms with Crippen LogP contribution in [0.5, 0.6) is 5.75 Å². The molecule has 0 unspecified atom stereocenters. The fourth-order valence-electron chi connectivity index (χ4n) is 4.07. The van der Waals surface area contributed by atoms with Gasteiger partial charge >= 0.3 is 0 Å². The zero-order valence-electron chi connectivity index (χ0n) is 18.5. The molecule has 0 aromatic carbocycles. The number of hydrogen-bond donors (Lipinski definition) is 3. The van der Waals surface area contributed by atoms with E-state index in [0.29, 0.717) is 29.8 Å². The summed E-state index contributed by atoms with van der Waals surface area (Å²) in [5.74, 6) is 7.61. The summed E-state index contributed by atoms with van der Waals surface area (Å²) in [5.41, 5.74) is 9.23. The summed E-state index contributed by atoms with van der Waals surface area (Å²) in [6.07, 6.45) is 11.6. The van der Waals surface area contributed by atoms with Crippen LogP contribution < -0.4 is 21.6 Å². The molecule has 0 aliphatic heterocycles. The summed E-state index contributed by atoms with van der Waals surface area (Å²) >= 11 is 0. The average molecular weight is 427 g/mol. The molecule has 0 saturated heterocycles. The van der Waals surface area contributed by atoms with E-state index < -0.39 is 0 Å². The Bertz CT molecular complexity index is 912. The van der Waals surface area contributed by atoms with Crippen molar-refractivity contribution in [3.63, 3.8) is 0 Å². The van der Waals surface area contributed by atoms with Gasteiger partial charge in [-0.25, -0.2) is 10.8 Å². The Morgan fingerprint density at radius 2 is 1.97 bits per heavy atom. The van der Waals surface area contributed by atoms with Crippen LogP contribution in [0.2, 0.25) is 0 Å². The maximum absolute atomic E-state index is 6.47. The fourth-order valence-corrected chi connectivity index (χ4v) is 4.07. The summed E-state index contributed by atoms with van der Waals surface area (Å²) in [7, 11) is 1.77. The average Bonchev–Trinajstić information content (AvgIpc) is 3.17. The number of aryl methyl sites for hydroxylation is 1. The highest BCUT2D eigenvalue weighted by Crippen LogP contribution is 2.30. The van der Waals surface area contributed by atoms with Gasteiger partial charge in [-0.05, 0) is 64.0 Å². The predicted molar refractivity (Wildman–Crippen MR) is 121 cm³/mol. The number of likely N-dealkylation sites (N-methyl/N-ethyl adjacent to an activating group) is 1. The molecule has 4 rings (SSSR count). The van der Waals surface area contributed by atoms with Gasteiger partial charge in [0.05, 0.1) is 47.7 Å². The zero-order valence-corrected chi connectivity index (χ0v) is 18.5. The van der Waals surface area contributed by atoms with E-state index in [0.717, 1.165) is 42.8 Å². The third kappa shape index (κ3) is 5.10. The van der Waals surface area contributed by atoms with Crippen molar-refractivity contribution in [1.29, 1.82) is 0 Å². The predicted octanol–water partition coefficient (Wildman–Crippen LogP) is 2.96. The third-order valence-electron chi connectivity index (χ3n) is 6.24. The van der Waals surface area contributed by atoms with Gasteiger partial charge in [0, 0.05) is 7.05 Å². The Kier molecular flexibility index (Phi) is 6.60. The molecule has 0 bridgehead atoms. The van der Waals surface area contributed by atoms with E-state index in [4.69, 9.17) is 21.3 Å². The molecule has 2 aliphatic carbocycles. The van der Waals surface area contributed by atoms with Crippen LogP contribution in [-0.4, -0.2) is 44.7 Å². The molecule has 5 N–H and O–H groups in total. The normalized spacial score (nSPS) is 18.3. The molecule has 31 heavy (non-hydrogen) atoms. The van der Waals surface area contributed by atoms with E-state index in [1.165, 1.54) is 30.7 Å². The SMILES string of the molecule is Cc1nc(/C(N)=C(\CNc2cnn(C3CCC3)n2)N(C)N)ccc1OC1CCCCC1. The number of rotatable bonds is 8. The Morgan fingerprint density at radius 3 is 2.61 bits per heavy atom. The number of hydrogen-bond acceptors (Lipinski definition) is 8. The van der Waals surface area contributed by atoms with E-state index in [-0.39, 0.29) is 6.10 Å². The van der Waals surface area contributed by atoms with Crippen molar-refractivity contribution >= 4 is 11.5 Å². The maximum atomic E-state index is 6.47. The van der Waals surface area contributed by atoms with Crippen LogP contribution in [-0.2, 0) is 0 Å². The Hall–Kier alpha value is -2.81. The van der Waals surface area contributed by atoms with Gasteiger partial charge in [-0.1, -0.05) is 6.42 Å². The first kappa shape index (κ1) is 21.4. The van der Waals surface area contributed by atoms with E-state index in [9.17, 15) is 0 Å². The van der Waals surface area contributed by atoms with Gasteiger partial charge in [-0.2, -0.15) is 9.90 Å². The molecule has 0 atom stereocenters. The van der Waals surface area contributed by atoms with Crippen molar-refractivity contribution in [2.45, 2.75) is 70.4 Å². The number of nitrogens with two attached hydrogens (primary N) is 2. The molecule has 2 aliphatic rings. The van der Waals surface area contributed by atoms with Crippen molar-refractivity contribution in [3.8, 4) is 5.75 Å². The third-order valence-corrected chi connectivity index (χ3v) is 6.24. The smallest absolute Gasteiger partial charge is 0.168 e. The van der Waals surface area contributed by atoms with Gasteiger partial charge in [0.25, 0.3) is 0 Å². The first-order chi connectivity index (χ1) is 15.0. The lowest BCUT2D eigenvalue weighted by Gasteiger charge is -2.24. The summed E-state index contributed by atoms with van der Waals surface area (Å²) in [4.78, 5) is 6.49. The topological polar surface area (TPSA) is 120 Å². The maximum Gasteiger partial charge on any atom is 0.168 e. The van der Waals surface area contributed by atoms with Crippen molar-refractivity contribution < 1.29 is 4.74 Å². The van der Waals surface area contributed by atoms with Crippen LogP contribution >= 0.6 is 0 Å². The molecule has 168 valence electrons. The highest BCUT2D eigenvalue weighted by molar-refractivity contribution is 5.64. The largest absolute Gasteiger partial charge is 0.489 e. The van der Waals surface area contributed by atoms with Crippen LogP contribution in [0.25, 0.3) is 5.70 Å². The monoisotopic (exact) mass is 426 g/mol. The van der Waals surface area contributed by atoms with Crippen molar-refractivity contribution in [3.05, 3.63) is 35.4 Å². The van der Waals surface area contributed by atoms with Gasteiger partial charge in [0.1, 0.15) is 5.75 Å². The van der Waals surface area contributed by atoms with Crippen LogP contribution in [0.1, 0.15) is 68.8 Å². The second-order valence-corrected chi connectivity index (χ2v) is 8.62. The van der Waals surface area contributed by atoms with E-state index in [1.54, 1.807) is 18.0 Å². The minimum absolute atomic E-state index is 0.288. The quantitative estimate of drug-likeness (QED) is 0.435. The highest BCUT2D eigenvalue weighted by atomic mass is 16.5. The molecule has 2 aromatic rings. The first-order valence-electron chi connectivity index (χ1n) is 11.3. The van der Waals surface area contributed by atoms with Gasteiger partial charge < -0.3 is 20.8 Å². The Labute approximate surface area is 183 Å². The standard InChI is InChI=1S/C22H34N8O/c1-15-20(31-17-9-4-3-5-10-17)12-11-18(27-15)22(23)19(29(2)24)13-25-21-14-26-30(28-21)16-7-6-8-16/h11-12,14,16-17H,3-10,13,23-24H2,1-2H3,(H,25,28)/b22-19-. The lowest BCUT2D eigenvalue weighted by Crippen LogP contribution is -2.32. The molecule has 9 nitrogen and oxygen atoms in total. The number of nitrogens with one attached hydrogen (secondary N) is 1. The number of hydrazine groups is 1. The number of ether oxygens (including phenoxy) is 1. The Balaban J connectivity index is 1.45. The van der Waals surface area contributed by atoms with Gasteiger partial charge in [0.15, 0.2) is 5.82 Å². The molecule has 0 spiro atoms. The molecular formula is C22H34N8O. The van der Waals surface area contributed by atoms with Crippen molar-refractivity contribution in [2.75, 3.05) is 18.9 Å². The van der Waals surface area contributed by atoms with Crippen LogP contribution in [0, 0.1) is 6.92 Å². The molecule has 0 radical (unpaired) electrons. The second-order valence-electron chi connectivity index (χ2n) is 8.62. The highest BCUT2D eigenvalue weighted by Gasteiger charge is 2.22. The molecule has 0 amide bonds. The molecule has 2 saturated carbocycles. The lowest BCUT2D eigenvalue weighted by atomic mass is 9.94. The Morgan fingerprint density at radius 1 is 1.19 bits per heavy atom. The summed E-state index contributed by atoms with van der Waals surface area (Å²) in [6, 6.07) is 4.29. The second kappa shape index (κ2) is 9.55. The molecule has 9 heteroatoms. The zero-order chi connectivity index (χ0) is 21.8. The summed E-state index contributed by atoms with van der Waals surface area (Å²) < 4.78 is 6.19. The number of anilines is 1. The summed E-state index contributed by atoms with van der Waals surface area (Å²) in [5, 5.41) is 13.7. The van der Waals surface area contributed by atoms with Crippen molar-refractivity contribution in [2.24, 2.45) is 11.6 Å². The van der Waals surface area contributed by atoms with Crippen molar-refractivity contribution in [1.82, 2.24) is 25.0 Å². The van der Waals surface area contributed by atoms with Gasteiger partial charge in [-0.15, -0.1) is 5.10 Å². The van der Waals surface area contributed by atoms with Crippen LogP contribution in [0.15, 0.2) is 24.0 Å². The number of aromatic nitrogens is 4. The van der Waals surface area contributed by atoms with Gasteiger partial charge in [0.2, 0.25) is 0 Å². The molecule has 2 fully saturated rings. The number of pyridine rings is 1. The molecule has 2 aromatic heterocycles. The number of nitrogens with zero attached hydrogens (tertiary/aromatic N) is 5. The molecular weight excluding hydrogens is 392 g/mol. The lowest BCUT2D eigenvalue weighted by molar-refractivity contribution is 0.153. The van der Waals surface area contributed by atoms with Gasteiger partial charge in [-0.3, -0.25) is 0 Å². The van der Waals surface area contributed by atoms with E-state index in [2.05, 4.69) is 15.5 Å². The van der Waals surface area contributed by atoms with E-state index in [1.807, 2.05) is 19.1 Å². The summed E-state index contributed by atoms with van der Waals surface area (Å²) in [6.45, 7) is 2.38. The fraction of sp³-hybridized carbons (Fsp3) is 0.591. The first-order valence-corrected chi connectivity index (χ1v) is 11.3. The molecule has 2 heterocycles. The minimum Gasteiger partial charge on any atom is -0.489 e. The van der Waals surface area contributed by atoms with Crippen LogP contribution in [0.3, 0.4) is 0 Å².